The molecule has 1 aromatic carbocycles. The molecule has 27 heavy (non-hydrogen) atoms. The van der Waals surface area contributed by atoms with E-state index in [0.717, 1.165) is 33.3 Å². The van der Waals surface area contributed by atoms with Gasteiger partial charge in [-0.05, 0) is 50.1 Å². The molecule has 5 rings (SSSR count). The molecule has 1 saturated carbocycles. The normalized spacial score (nSPS) is 13.7. The molecule has 7 heteroatoms. The molecule has 0 unspecified atom stereocenters. The van der Waals surface area contributed by atoms with Crippen molar-refractivity contribution in [2.45, 2.75) is 25.8 Å². The Labute approximate surface area is 160 Å². The maximum absolute atomic E-state index is 4.67. The smallest absolute Gasteiger partial charge is 0.225 e. The zero-order valence-electron chi connectivity index (χ0n) is 14.8. The van der Waals surface area contributed by atoms with E-state index in [-0.39, 0.29) is 0 Å². The standard InChI is InChI=1S/C20H18N6S/c1-12-22-17-9-15(6-7-18(17)27-12)23-19-10-16(13-3-2-8-21-11-13)25-20(26-19)24-14-4-5-14/h2-3,6-11,14H,4-5H2,1H3,(H2,23,24,25,26). The lowest BCUT2D eigenvalue weighted by molar-refractivity contribution is 1.06. The summed E-state index contributed by atoms with van der Waals surface area (Å²) in [5, 5.41) is 7.86. The number of aromatic nitrogens is 4. The Kier molecular flexibility index (Phi) is 3.94. The fraction of sp³-hybridized carbons (Fsp3) is 0.200. The number of hydrogen-bond acceptors (Lipinski definition) is 7. The van der Waals surface area contributed by atoms with Crippen LogP contribution in [0.3, 0.4) is 0 Å². The monoisotopic (exact) mass is 374 g/mol. The van der Waals surface area contributed by atoms with Gasteiger partial charge < -0.3 is 10.6 Å². The Balaban J connectivity index is 1.51. The van der Waals surface area contributed by atoms with Gasteiger partial charge in [0.05, 0.1) is 20.9 Å². The molecule has 4 aromatic rings. The summed E-state index contributed by atoms with van der Waals surface area (Å²) in [5.41, 5.74) is 3.77. The zero-order valence-corrected chi connectivity index (χ0v) is 15.6. The van der Waals surface area contributed by atoms with Gasteiger partial charge in [0.2, 0.25) is 5.95 Å². The van der Waals surface area contributed by atoms with Gasteiger partial charge in [0.25, 0.3) is 0 Å². The number of pyridine rings is 1. The molecule has 1 aliphatic rings. The maximum Gasteiger partial charge on any atom is 0.225 e. The molecule has 3 heterocycles. The van der Waals surface area contributed by atoms with Crippen molar-refractivity contribution in [3.05, 3.63) is 53.8 Å². The van der Waals surface area contributed by atoms with Crippen molar-refractivity contribution in [3.8, 4) is 11.3 Å². The average Bonchev–Trinajstić information content (AvgIpc) is 3.40. The Morgan fingerprint density at radius 3 is 2.81 bits per heavy atom. The third kappa shape index (κ3) is 3.59. The Bertz CT molecular complexity index is 1100. The number of benzene rings is 1. The molecular formula is C20H18N6S. The van der Waals surface area contributed by atoms with Crippen LogP contribution in [0.25, 0.3) is 21.5 Å². The minimum Gasteiger partial charge on any atom is -0.351 e. The lowest BCUT2D eigenvalue weighted by Gasteiger charge is -2.11. The molecule has 0 atom stereocenters. The quantitative estimate of drug-likeness (QED) is 0.524. The van der Waals surface area contributed by atoms with Crippen LogP contribution >= 0.6 is 11.3 Å². The highest BCUT2D eigenvalue weighted by molar-refractivity contribution is 7.18. The van der Waals surface area contributed by atoms with E-state index in [4.69, 9.17) is 0 Å². The van der Waals surface area contributed by atoms with Crippen LogP contribution in [0.5, 0.6) is 0 Å². The first-order valence-corrected chi connectivity index (χ1v) is 9.75. The van der Waals surface area contributed by atoms with Crippen LogP contribution in [0.2, 0.25) is 0 Å². The van der Waals surface area contributed by atoms with Crippen molar-refractivity contribution >= 4 is 39.0 Å². The second kappa shape index (κ2) is 6.59. The molecule has 0 saturated heterocycles. The van der Waals surface area contributed by atoms with E-state index in [2.05, 4.69) is 48.8 Å². The van der Waals surface area contributed by atoms with Crippen LogP contribution in [0.4, 0.5) is 17.5 Å². The van der Waals surface area contributed by atoms with Crippen molar-refractivity contribution < 1.29 is 0 Å². The SMILES string of the molecule is Cc1nc2cc(Nc3cc(-c4cccnc4)nc(NC4CC4)n3)ccc2s1. The van der Waals surface area contributed by atoms with Crippen molar-refractivity contribution in [1.29, 1.82) is 0 Å². The Hall–Kier alpha value is -3.06. The first-order chi connectivity index (χ1) is 13.2. The second-order valence-electron chi connectivity index (χ2n) is 6.66. The van der Waals surface area contributed by atoms with Gasteiger partial charge in [-0.15, -0.1) is 11.3 Å². The van der Waals surface area contributed by atoms with Crippen LogP contribution in [-0.4, -0.2) is 26.0 Å². The summed E-state index contributed by atoms with van der Waals surface area (Å²) >= 11 is 1.70. The molecule has 2 N–H and O–H groups in total. The number of rotatable bonds is 5. The molecule has 1 fully saturated rings. The molecule has 6 nitrogen and oxygen atoms in total. The number of fused-ring (bicyclic) bond motifs is 1. The number of nitrogens with one attached hydrogen (secondary N) is 2. The first kappa shape index (κ1) is 16.1. The van der Waals surface area contributed by atoms with Crippen LogP contribution in [0, 0.1) is 6.92 Å². The van der Waals surface area contributed by atoms with Crippen molar-refractivity contribution in [1.82, 2.24) is 19.9 Å². The molecule has 0 spiro atoms. The summed E-state index contributed by atoms with van der Waals surface area (Å²) in [5.74, 6) is 1.39. The fourth-order valence-corrected chi connectivity index (χ4v) is 3.72. The largest absolute Gasteiger partial charge is 0.351 e. The van der Waals surface area contributed by atoms with Crippen LogP contribution in [0.1, 0.15) is 17.8 Å². The van der Waals surface area contributed by atoms with E-state index in [1.807, 2.05) is 31.3 Å². The minimum atomic E-state index is 0.483. The van der Waals surface area contributed by atoms with Gasteiger partial charge in [0, 0.05) is 35.8 Å². The first-order valence-electron chi connectivity index (χ1n) is 8.93. The topological polar surface area (TPSA) is 75.6 Å². The van der Waals surface area contributed by atoms with Crippen molar-refractivity contribution in [3.63, 3.8) is 0 Å². The summed E-state index contributed by atoms with van der Waals surface area (Å²) in [4.78, 5) is 18.1. The highest BCUT2D eigenvalue weighted by Gasteiger charge is 2.22. The van der Waals surface area contributed by atoms with E-state index < -0.39 is 0 Å². The highest BCUT2D eigenvalue weighted by atomic mass is 32.1. The molecule has 0 aliphatic heterocycles. The van der Waals surface area contributed by atoms with E-state index >= 15 is 0 Å². The molecule has 0 amide bonds. The number of thiazole rings is 1. The van der Waals surface area contributed by atoms with Crippen molar-refractivity contribution in [2.24, 2.45) is 0 Å². The van der Waals surface area contributed by atoms with Crippen LogP contribution < -0.4 is 10.6 Å². The van der Waals surface area contributed by atoms with Crippen LogP contribution in [0.15, 0.2) is 48.8 Å². The lowest BCUT2D eigenvalue weighted by atomic mass is 10.2. The fourth-order valence-electron chi connectivity index (χ4n) is 2.92. The third-order valence-corrected chi connectivity index (χ3v) is 5.31. The maximum atomic E-state index is 4.67. The molecule has 0 bridgehead atoms. The molecule has 0 radical (unpaired) electrons. The van der Waals surface area contributed by atoms with Gasteiger partial charge >= 0.3 is 0 Å². The second-order valence-corrected chi connectivity index (χ2v) is 7.90. The summed E-state index contributed by atoms with van der Waals surface area (Å²) in [6.07, 6.45) is 5.92. The van der Waals surface area contributed by atoms with E-state index in [1.165, 1.54) is 17.5 Å². The van der Waals surface area contributed by atoms with E-state index in [9.17, 15) is 0 Å². The summed E-state index contributed by atoms with van der Waals surface area (Å²) < 4.78 is 1.19. The zero-order chi connectivity index (χ0) is 18.2. The number of hydrogen-bond donors (Lipinski definition) is 2. The number of aryl methyl sites for hydroxylation is 1. The van der Waals surface area contributed by atoms with Gasteiger partial charge in [0.1, 0.15) is 5.82 Å². The van der Waals surface area contributed by atoms with Crippen molar-refractivity contribution in [2.75, 3.05) is 10.6 Å². The van der Waals surface area contributed by atoms with E-state index in [0.29, 0.717) is 12.0 Å². The Morgan fingerprint density at radius 1 is 1.07 bits per heavy atom. The van der Waals surface area contributed by atoms with Crippen LogP contribution in [-0.2, 0) is 0 Å². The predicted molar refractivity (Wildman–Crippen MR) is 110 cm³/mol. The summed E-state index contributed by atoms with van der Waals surface area (Å²) in [6.45, 7) is 2.03. The molecular weight excluding hydrogens is 356 g/mol. The Morgan fingerprint density at radius 2 is 2.00 bits per heavy atom. The number of nitrogens with zero attached hydrogens (tertiary/aromatic N) is 4. The molecule has 3 aromatic heterocycles. The number of anilines is 3. The average molecular weight is 374 g/mol. The predicted octanol–water partition coefficient (Wildman–Crippen LogP) is 4.77. The van der Waals surface area contributed by atoms with Gasteiger partial charge in [0.15, 0.2) is 0 Å². The molecule has 134 valence electrons. The van der Waals surface area contributed by atoms with Gasteiger partial charge in [-0.2, -0.15) is 4.98 Å². The van der Waals surface area contributed by atoms with Gasteiger partial charge in [-0.1, -0.05) is 0 Å². The minimum absolute atomic E-state index is 0.483. The van der Waals surface area contributed by atoms with E-state index in [1.54, 1.807) is 17.5 Å². The third-order valence-electron chi connectivity index (χ3n) is 4.36. The highest BCUT2D eigenvalue weighted by Crippen LogP contribution is 2.29. The summed E-state index contributed by atoms with van der Waals surface area (Å²) in [7, 11) is 0. The van der Waals surface area contributed by atoms with Gasteiger partial charge in [-0.3, -0.25) is 4.98 Å². The molecule has 1 aliphatic carbocycles. The lowest BCUT2D eigenvalue weighted by Crippen LogP contribution is -2.07. The summed E-state index contributed by atoms with van der Waals surface area (Å²) in [6, 6.07) is 12.6. The van der Waals surface area contributed by atoms with Gasteiger partial charge in [-0.25, -0.2) is 9.97 Å².